The van der Waals surface area contributed by atoms with Gasteiger partial charge in [-0.2, -0.15) is 0 Å². The molecular formula is C18H23NO3. The van der Waals surface area contributed by atoms with Crippen LogP contribution in [0.15, 0.2) is 54.6 Å². The Bertz CT molecular complexity index is 542. The van der Waals surface area contributed by atoms with Gasteiger partial charge in [0.15, 0.2) is 0 Å². The van der Waals surface area contributed by atoms with E-state index in [1.807, 2.05) is 66.5 Å². The molecule has 0 bridgehead atoms. The largest absolute Gasteiger partial charge is 0.497 e. The molecule has 0 fully saturated rings. The second kappa shape index (κ2) is 8.41. The number of hydrogen-bond acceptors (Lipinski definition) is 4. The summed E-state index contributed by atoms with van der Waals surface area (Å²) in [6.45, 7) is 1.33. The Morgan fingerprint density at radius 3 is 2.36 bits per heavy atom. The lowest BCUT2D eigenvalue weighted by Gasteiger charge is -2.22. The van der Waals surface area contributed by atoms with E-state index in [-0.39, 0.29) is 0 Å². The van der Waals surface area contributed by atoms with E-state index in [1.165, 1.54) is 0 Å². The summed E-state index contributed by atoms with van der Waals surface area (Å²) in [5.74, 6) is 0.827. The maximum absolute atomic E-state index is 10.1. The number of methoxy groups -OCH3 is 1. The van der Waals surface area contributed by atoms with Crippen LogP contribution in [0.5, 0.6) is 5.75 Å². The van der Waals surface area contributed by atoms with Crippen molar-refractivity contribution in [3.63, 3.8) is 0 Å². The van der Waals surface area contributed by atoms with Crippen molar-refractivity contribution in [2.45, 2.75) is 12.7 Å². The highest BCUT2D eigenvalue weighted by Gasteiger charge is 2.09. The van der Waals surface area contributed by atoms with Gasteiger partial charge in [-0.05, 0) is 29.8 Å². The SMILES string of the molecule is COc1ccc(COCC(O)CN(C)c2ccccc2)cc1. The van der Waals surface area contributed by atoms with Gasteiger partial charge >= 0.3 is 0 Å². The first-order chi connectivity index (χ1) is 10.7. The normalized spacial score (nSPS) is 12.0. The minimum absolute atomic E-state index is 0.309. The van der Waals surface area contributed by atoms with Crippen molar-refractivity contribution in [2.24, 2.45) is 0 Å². The molecule has 0 heterocycles. The molecule has 4 nitrogen and oxygen atoms in total. The molecule has 0 saturated carbocycles. The first-order valence-corrected chi connectivity index (χ1v) is 7.34. The van der Waals surface area contributed by atoms with Crippen LogP contribution >= 0.6 is 0 Å². The average Bonchev–Trinajstić information content (AvgIpc) is 2.56. The van der Waals surface area contributed by atoms with Gasteiger partial charge in [-0.15, -0.1) is 0 Å². The highest BCUT2D eigenvalue weighted by molar-refractivity contribution is 5.45. The molecule has 2 aromatic carbocycles. The predicted octanol–water partition coefficient (Wildman–Crippen LogP) is 2.71. The summed E-state index contributed by atoms with van der Waals surface area (Å²) in [6, 6.07) is 17.7. The second-order valence-corrected chi connectivity index (χ2v) is 5.23. The quantitative estimate of drug-likeness (QED) is 0.814. The fraction of sp³-hybridized carbons (Fsp3) is 0.333. The summed E-state index contributed by atoms with van der Waals surface area (Å²) in [5, 5.41) is 10.1. The number of benzene rings is 2. The smallest absolute Gasteiger partial charge is 0.118 e. The first-order valence-electron chi connectivity index (χ1n) is 7.34. The number of rotatable bonds is 8. The van der Waals surface area contributed by atoms with E-state index >= 15 is 0 Å². The van der Waals surface area contributed by atoms with Crippen molar-refractivity contribution in [3.05, 3.63) is 60.2 Å². The lowest BCUT2D eigenvalue weighted by atomic mass is 10.2. The Morgan fingerprint density at radius 2 is 1.73 bits per heavy atom. The van der Waals surface area contributed by atoms with Gasteiger partial charge in [0.05, 0.1) is 26.4 Å². The van der Waals surface area contributed by atoms with E-state index in [0.717, 1.165) is 17.0 Å². The molecule has 0 aliphatic carbocycles. The van der Waals surface area contributed by atoms with E-state index in [1.54, 1.807) is 7.11 Å². The Kier molecular flexibility index (Phi) is 6.25. The van der Waals surface area contributed by atoms with E-state index in [0.29, 0.717) is 19.8 Å². The number of nitrogens with zero attached hydrogens (tertiary/aromatic N) is 1. The lowest BCUT2D eigenvalue weighted by molar-refractivity contribution is 0.0324. The van der Waals surface area contributed by atoms with Gasteiger partial charge in [-0.1, -0.05) is 30.3 Å². The van der Waals surface area contributed by atoms with Crippen molar-refractivity contribution < 1.29 is 14.6 Å². The molecule has 0 aromatic heterocycles. The van der Waals surface area contributed by atoms with E-state index in [9.17, 15) is 5.11 Å². The number of para-hydroxylation sites is 1. The van der Waals surface area contributed by atoms with Crippen molar-refractivity contribution in [2.75, 3.05) is 32.2 Å². The maximum Gasteiger partial charge on any atom is 0.118 e. The van der Waals surface area contributed by atoms with Crippen LogP contribution < -0.4 is 9.64 Å². The van der Waals surface area contributed by atoms with Crippen molar-refractivity contribution in [1.82, 2.24) is 0 Å². The van der Waals surface area contributed by atoms with Crippen LogP contribution in [0.25, 0.3) is 0 Å². The number of aliphatic hydroxyl groups excluding tert-OH is 1. The summed E-state index contributed by atoms with van der Waals surface area (Å²) in [4.78, 5) is 2.02. The summed E-state index contributed by atoms with van der Waals surface area (Å²) in [5.41, 5.74) is 2.14. The van der Waals surface area contributed by atoms with E-state index in [4.69, 9.17) is 9.47 Å². The van der Waals surface area contributed by atoms with Gasteiger partial charge < -0.3 is 19.5 Å². The molecular weight excluding hydrogens is 278 g/mol. The fourth-order valence-electron chi connectivity index (χ4n) is 2.19. The number of aliphatic hydroxyl groups is 1. The maximum atomic E-state index is 10.1. The molecule has 0 spiro atoms. The highest BCUT2D eigenvalue weighted by atomic mass is 16.5. The monoisotopic (exact) mass is 301 g/mol. The molecule has 0 amide bonds. The predicted molar refractivity (Wildman–Crippen MR) is 88.4 cm³/mol. The zero-order chi connectivity index (χ0) is 15.8. The molecule has 22 heavy (non-hydrogen) atoms. The standard InChI is InChI=1S/C18H23NO3/c1-19(16-6-4-3-5-7-16)12-17(20)14-22-13-15-8-10-18(21-2)11-9-15/h3-11,17,20H,12-14H2,1-2H3. The van der Waals surface area contributed by atoms with Crippen LogP contribution in [0.2, 0.25) is 0 Å². The minimum atomic E-state index is -0.525. The van der Waals surface area contributed by atoms with Gasteiger partial charge in [0.2, 0.25) is 0 Å². The molecule has 2 rings (SSSR count). The second-order valence-electron chi connectivity index (χ2n) is 5.23. The van der Waals surface area contributed by atoms with Crippen LogP contribution in [0, 0.1) is 0 Å². The minimum Gasteiger partial charge on any atom is -0.497 e. The molecule has 0 aliphatic heterocycles. The van der Waals surface area contributed by atoms with Crippen LogP contribution in [0.1, 0.15) is 5.56 Å². The van der Waals surface area contributed by atoms with Gasteiger partial charge in [0, 0.05) is 19.3 Å². The number of likely N-dealkylation sites (N-methyl/N-ethyl adjacent to an activating group) is 1. The number of anilines is 1. The molecule has 4 heteroatoms. The summed E-state index contributed by atoms with van der Waals surface area (Å²) >= 11 is 0. The number of ether oxygens (including phenoxy) is 2. The van der Waals surface area contributed by atoms with Crippen molar-refractivity contribution in [1.29, 1.82) is 0 Å². The van der Waals surface area contributed by atoms with Crippen LogP contribution in [-0.2, 0) is 11.3 Å². The van der Waals surface area contributed by atoms with Gasteiger partial charge in [-0.3, -0.25) is 0 Å². The van der Waals surface area contributed by atoms with Crippen LogP contribution in [0.4, 0.5) is 5.69 Å². The molecule has 0 saturated heterocycles. The summed E-state index contributed by atoms with van der Waals surface area (Å²) in [7, 11) is 3.60. The fourth-order valence-corrected chi connectivity index (χ4v) is 2.19. The molecule has 1 atom stereocenters. The third-order valence-electron chi connectivity index (χ3n) is 3.42. The summed E-state index contributed by atoms with van der Waals surface area (Å²) in [6.07, 6.45) is -0.525. The molecule has 2 aromatic rings. The molecule has 1 unspecified atom stereocenters. The van der Waals surface area contributed by atoms with Crippen molar-refractivity contribution >= 4 is 5.69 Å². The van der Waals surface area contributed by atoms with E-state index < -0.39 is 6.10 Å². The summed E-state index contributed by atoms with van der Waals surface area (Å²) < 4.78 is 10.7. The first kappa shape index (κ1) is 16.3. The zero-order valence-corrected chi connectivity index (χ0v) is 13.1. The van der Waals surface area contributed by atoms with Gasteiger partial charge in [0.25, 0.3) is 0 Å². The molecule has 0 radical (unpaired) electrons. The van der Waals surface area contributed by atoms with Gasteiger partial charge in [0.1, 0.15) is 5.75 Å². The zero-order valence-electron chi connectivity index (χ0n) is 13.1. The third kappa shape index (κ3) is 5.06. The van der Waals surface area contributed by atoms with Crippen molar-refractivity contribution in [3.8, 4) is 5.75 Å². The highest BCUT2D eigenvalue weighted by Crippen LogP contribution is 2.13. The Hall–Kier alpha value is -2.04. The Labute approximate surface area is 131 Å². The Morgan fingerprint density at radius 1 is 1.05 bits per heavy atom. The van der Waals surface area contributed by atoms with Crippen LogP contribution in [-0.4, -0.2) is 38.5 Å². The van der Waals surface area contributed by atoms with Gasteiger partial charge in [-0.25, -0.2) is 0 Å². The molecule has 1 N–H and O–H groups in total. The van der Waals surface area contributed by atoms with E-state index in [2.05, 4.69) is 0 Å². The van der Waals surface area contributed by atoms with Crippen LogP contribution in [0.3, 0.4) is 0 Å². The number of hydrogen-bond donors (Lipinski definition) is 1. The molecule has 118 valence electrons. The lowest BCUT2D eigenvalue weighted by Crippen LogP contribution is -2.32. The molecule has 0 aliphatic rings. The third-order valence-corrected chi connectivity index (χ3v) is 3.42. The Balaban J connectivity index is 1.72. The average molecular weight is 301 g/mol. The topological polar surface area (TPSA) is 41.9 Å².